The quantitative estimate of drug-likeness (QED) is 0.714. The molecule has 120 valence electrons. The number of carbonyl (C=O) groups is 1. The fourth-order valence-corrected chi connectivity index (χ4v) is 3.38. The molecule has 0 unspecified atom stereocenters. The van der Waals surface area contributed by atoms with E-state index >= 15 is 0 Å². The molecule has 1 aliphatic rings. The highest BCUT2D eigenvalue weighted by Gasteiger charge is 2.31. The molecule has 0 atom stereocenters. The third-order valence-corrected chi connectivity index (χ3v) is 4.50. The van der Waals surface area contributed by atoms with Gasteiger partial charge in [-0.1, -0.05) is 60.7 Å². The van der Waals surface area contributed by atoms with E-state index in [1.54, 1.807) is 0 Å². The Labute approximate surface area is 145 Å². The van der Waals surface area contributed by atoms with Crippen molar-refractivity contribution in [2.45, 2.75) is 13.3 Å². The number of carbonyl (C=O) groups excluding carboxylic acids is 1. The van der Waals surface area contributed by atoms with Gasteiger partial charge in [-0.2, -0.15) is 15.0 Å². The molecule has 0 bridgehead atoms. The SMILES string of the molecule is Cc1nn2c(c1-c1ccccc1)CC(c1ccccc1)=C(C#N)C2=O. The molecule has 0 aliphatic carbocycles. The molecule has 4 rings (SSSR count). The van der Waals surface area contributed by atoms with E-state index in [4.69, 9.17) is 0 Å². The second-order valence-electron chi connectivity index (χ2n) is 6.00. The largest absolute Gasteiger partial charge is 0.289 e. The lowest BCUT2D eigenvalue weighted by Gasteiger charge is -2.18. The normalized spacial score (nSPS) is 13.5. The molecule has 0 N–H and O–H groups in total. The van der Waals surface area contributed by atoms with Gasteiger partial charge in [0.2, 0.25) is 0 Å². The predicted octanol–water partition coefficient (Wildman–Crippen LogP) is 4.03. The van der Waals surface area contributed by atoms with E-state index in [0.717, 1.165) is 33.7 Å². The Kier molecular flexibility index (Phi) is 3.55. The molecule has 0 saturated carbocycles. The summed E-state index contributed by atoms with van der Waals surface area (Å²) >= 11 is 0. The number of benzene rings is 2. The van der Waals surface area contributed by atoms with Gasteiger partial charge in [0, 0.05) is 12.0 Å². The summed E-state index contributed by atoms with van der Waals surface area (Å²) < 4.78 is 1.39. The van der Waals surface area contributed by atoms with Gasteiger partial charge < -0.3 is 0 Å². The second-order valence-corrected chi connectivity index (χ2v) is 6.00. The number of allylic oxidation sites excluding steroid dienone is 2. The lowest BCUT2D eigenvalue weighted by molar-refractivity contribution is 0.0939. The highest BCUT2D eigenvalue weighted by atomic mass is 16.2. The Bertz CT molecular complexity index is 1040. The fraction of sp³-hybridized carbons (Fsp3) is 0.0952. The molecule has 25 heavy (non-hydrogen) atoms. The zero-order chi connectivity index (χ0) is 17.4. The van der Waals surface area contributed by atoms with Crippen LogP contribution in [0.5, 0.6) is 0 Å². The highest BCUT2D eigenvalue weighted by molar-refractivity contribution is 6.09. The molecule has 0 spiro atoms. The van der Waals surface area contributed by atoms with E-state index < -0.39 is 0 Å². The molecule has 4 nitrogen and oxygen atoms in total. The predicted molar refractivity (Wildman–Crippen MR) is 95.7 cm³/mol. The Morgan fingerprint density at radius 3 is 2.20 bits per heavy atom. The van der Waals surface area contributed by atoms with Gasteiger partial charge >= 0.3 is 0 Å². The number of aromatic nitrogens is 2. The lowest BCUT2D eigenvalue weighted by Crippen LogP contribution is -2.23. The van der Waals surface area contributed by atoms with Crippen LogP contribution in [0.3, 0.4) is 0 Å². The molecule has 0 saturated heterocycles. The van der Waals surface area contributed by atoms with Gasteiger partial charge in [0.1, 0.15) is 11.6 Å². The molecule has 0 fully saturated rings. The van der Waals surface area contributed by atoms with Crippen LogP contribution in [-0.2, 0) is 6.42 Å². The fourth-order valence-electron chi connectivity index (χ4n) is 3.38. The van der Waals surface area contributed by atoms with Crippen molar-refractivity contribution >= 4 is 11.5 Å². The Morgan fingerprint density at radius 2 is 1.60 bits per heavy atom. The van der Waals surface area contributed by atoms with Crippen LogP contribution in [0.25, 0.3) is 16.7 Å². The third-order valence-electron chi connectivity index (χ3n) is 4.50. The number of rotatable bonds is 2. The van der Waals surface area contributed by atoms with E-state index in [0.29, 0.717) is 6.42 Å². The van der Waals surface area contributed by atoms with Gasteiger partial charge in [0.05, 0.1) is 11.4 Å². The van der Waals surface area contributed by atoms with Gasteiger partial charge in [-0.05, 0) is 23.6 Å². The van der Waals surface area contributed by atoms with Crippen molar-refractivity contribution in [2.75, 3.05) is 0 Å². The first kappa shape index (κ1) is 15.1. The number of nitrogens with zero attached hydrogens (tertiary/aromatic N) is 3. The summed E-state index contributed by atoms with van der Waals surface area (Å²) in [6.45, 7) is 1.90. The summed E-state index contributed by atoms with van der Waals surface area (Å²) in [6, 6.07) is 21.6. The molecule has 3 aromatic rings. The zero-order valence-electron chi connectivity index (χ0n) is 13.7. The Morgan fingerprint density at radius 1 is 1.00 bits per heavy atom. The highest BCUT2D eigenvalue weighted by Crippen LogP contribution is 2.35. The van der Waals surface area contributed by atoms with E-state index in [-0.39, 0.29) is 11.5 Å². The van der Waals surface area contributed by atoms with Crippen molar-refractivity contribution in [1.82, 2.24) is 9.78 Å². The van der Waals surface area contributed by atoms with Crippen LogP contribution < -0.4 is 0 Å². The van der Waals surface area contributed by atoms with Gasteiger partial charge in [0.15, 0.2) is 0 Å². The maximum absolute atomic E-state index is 12.8. The first-order chi connectivity index (χ1) is 12.2. The minimum Gasteiger partial charge on any atom is -0.266 e. The molecule has 1 aromatic heterocycles. The van der Waals surface area contributed by atoms with Crippen molar-refractivity contribution in [3.8, 4) is 17.2 Å². The number of hydrogen-bond acceptors (Lipinski definition) is 3. The standard InChI is InChI=1S/C21H15N3O/c1-14-20(16-10-6-3-7-11-16)19-12-17(15-8-4-2-5-9-15)18(13-22)21(25)24(19)23-14/h2-11H,12H2,1H3. The van der Waals surface area contributed by atoms with Crippen LogP contribution in [0.15, 0.2) is 66.2 Å². The summed E-state index contributed by atoms with van der Waals surface area (Å²) in [6.07, 6.45) is 0.504. The zero-order valence-corrected chi connectivity index (χ0v) is 13.7. The van der Waals surface area contributed by atoms with Gasteiger partial charge in [-0.3, -0.25) is 4.79 Å². The molecular weight excluding hydrogens is 310 g/mol. The minimum atomic E-state index is -0.354. The number of aryl methyl sites for hydroxylation is 1. The lowest BCUT2D eigenvalue weighted by atomic mass is 9.90. The Balaban J connectivity index is 1.93. The van der Waals surface area contributed by atoms with Gasteiger partial charge in [-0.15, -0.1) is 0 Å². The van der Waals surface area contributed by atoms with E-state index in [9.17, 15) is 10.1 Å². The second kappa shape index (κ2) is 5.88. The first-order valence-corrected chi connectivity index (χ1v) is 8.08. The van der Waals surface area contributed by atoms with Crippen molar-refractivity contribution in [3.63, 3.8) is 0 Å². The van der Waals surface area contributed by atoms with E-state index in [1.807, 2.05) is 67.6 Å². The van der Waals surface area contributed by atoms with Crippen molar-refractivity contribution in [3.05, 3.63) is 83.2 Å². The summed E-state index contributed by atoms with van der Waals surface area (Å²) in [7, 11) is 0. The van der Waals surface area contributed by atoms with Crippen molar-refractivity contribution in [1.29, 1.82) is 5.26 Å². The monoisotopic (exact) mass is 325 g/mol. The smallest absolute Gasteiger partial charge is 0.266 e. The van der Waals surface area contributed by atoms with Crippen molar-refractivity contribution < 1.29 is 4.79 Å². The first-order valence-electron chi connectivity index (χ1n) is 8.08. The van der Waals surface area contributed by atoms with Crippen LogP contribution in [0.2, 0.25) is 0 Å². The van der Waals surface area contributed by atoms with Crippen molar-refractivity contribution in [2.24, 2.45) is 0 Å². The van der Waals surface area contributed by atoms with E-state index in [2.05, 4.69) is 11.2 Å². The third kappa shape index (κ3) is 2.38. The summed E-state index contributed by atoms with van der Waals surface area (Å²) in [5.41, 5.74) is 5.46. The topological polar surface area (TPSA) is 58.7 Å². The van der Waals surface area contributed by atoms with E-state index in [1.165, 1.54) is 4.68 Å². The molecule has 0 amide bonds. The van der Waals surface area contributed by atoms with Crippen LogP contribution in [0.4, 0.5) is 0 Å². The Hall–Kier alpha value is -3.45. The molecule has 2 heterocycles. The minimum absolute atomic E-state index is 0.167. The van der Waals surface area contributed by atoms with Crippen LogP contribution in [0.1, 0.15) is 21.7 Å². The molecule has 4 heteroatoms. The number of nitriles is 1. The molecule has 0 radical (unpaired) electrons. The molecular formula is C21H15N3O. The maximum Gasteiger partial charge on any atom is 0.289 e. The summed E-state index contributed by atoms with van der Waals surface area (Å²) in [4.78, 5) is 12.8. The maximum atomic E-state index is 12.8. The van der Waals surface area contributed by atoms with Crippen LogP contribution >= 0.6 is 0 Å². The molecule has 1 aliphatic heterocycles. The average Bonchev–Trinajstić information content (AvgIpc) is 2.99. The number of hydrogen-bond donors (Lipinski definition) is 0. The average molecular weight is 325 g/mol. The van der Waals surface area contributed by atoms with Gasteiger partial charge in [0.25, 0.3) is 5.91 Å². The number of fused-ring (bicyclic) bond motifs is 1. The van der Waals surface area contributed by atoms with Crippen LogP contribution in [-0.4, -0.2) is 15.7 Å². The van der Waals surface area contributed by atoms with Crippen LogP contribution in [0, 0.1) is 18.3 Å². The summed E-state index contributed by atoms with van der Waals surface area (Å²) in [5.74, 6) is -0.354. The van der Waals surface area contributed by atoms with Gasteiger partial charge in [-0.25, -0.2) is 0 Å². The summed E-state index contributed by atoms with van der Waals surface area (Å²) in [5, 5.41) is 14.0. The molecule has 2 aromatic carbocycles.